The highest BCUT2D eigenvalue weighted by Gasteiger charge is 2.34. The molecule has 0 bridgehead atoms. The zero-order valence-electron chi connectivity index (χ0n) is 10.0. The summed E-state index contributed by atoms with van der Waals surface area (Å²) >= 11 is 0. The van der Waals surface area contributed by atoms with Gasteiger partial charge in [0, 0.05) is 14.1 Å². The molecule has 0 saturated carbocycles. The zero-order chi connectivity index (χ0) is 14.8. The molecule has 9 heteroatoms. The van der Waals surface area contributed by atoms with Gasteiger partial charge in [0.15, 0.2) is 0 Å². The molecule has 1 rings (SSSR count). The molecule has 0 atom stereocenters. The Morgan fingerprint density at radius 1 is 1.16 bits per heavy atom. The predicted octanol–water partition coefficient (Wildman–Crippen LogP) is 3.14. The van der Waals surface area contributed by atoms with E-state index in [1.165, 1.54) is 7.05 Å². The van der Waals surface area contributed by atoms with E-state index in [-0.39, 0.29) is 5.82 Å². The van der Waals surface area contributed by atoms with Gasteiger partial charge in [0.2, 0.25) is 0 Å². The van der Waals surface area contributed by atoms with Gasteiger partial charge in [-0.2, -0.15) is 26.3 Å². The molecule has 0 aliphatic rings. The van der Waals surface area contributed by atoms with Crippen LogP contribution in [-0.4, -0.2) is 31.8 Å². The molecule has 0 aromatic carbocycles. The second kappa shape index (κ2) is 5.14. The van der Waals surface area contributed by atoms with E-state index < -0.39 is 30.3 Å². The second-order valence-corrected chi connectivity index (χ2v) is 3.82. The van der Waals surface area contributed by atoms with E-state index >= 15 is 0 Å². The van der Waals surface area contributed by atoms with Gasteiger partial charge < -0.3 is 10.2 Å². The minimum Gasteiger partial charge on any atom is -0.373 e. The third-order valence-corrected chi connectivity index (χ3v) is 2.20. The van der Waals surface area contributed by atoms with Crippen LogP contribution in [0.5, 0.6) is 0 Å². The van der Waals surface area contributed by atoms with Crippen molar-refractivity contribution in [1.82, 2.24) is 4.98 Å². The van der Waals surface area contributed by atoms with E-state index in [2.05, 4.69) is 10.3 Å². The van der Waals surface area contributed by atoms with Crippen LogP contribution in [0.1, 0.15) is 5.56 Å². The van der Waals surface area contributed by atoms with Crippen molar-refractivity contribution in [2.24, 2.45) is 0 Å². The van der Waals surface area contributed by atoms with Crippen LogP contribution in [0.2, 0.25) is 0 Å². The van der Waals surface area contributed by atoms with E-state index in [4.69, 9.17) is 0 Å². The molecule has 0 spiro atoms. The van der Waals surface area contributed by atoms with Gasteiger partial charge in [-0.15, -0.1) is 0 Å². The number of hydrogen-bond acceptors (Lipinski definition) is 3. The van der Waals surface area contributed by atoms with Crippen LogP contribution >= 0.6 is 0 Å². The van der Waals surface area contributed by atoms with Crippen molar-refractivity contribution in [3.05, 3.63) is 17.7 Å². The van der Waals surface area contributed by atoms with Gasteiger partial charge in [-0.05, 0) is 12.1 Å². The third kappa shape index (κ3) is 4.49. The summed E-state index contributed by atoms with van der Waals surface area (Å²) in [6, 6.07) is 1.30. The quantitative estimate of drug-likeness (QED) is 0.866. The molecule has 1 N–H and O–H groups in total. The van der Waals surface area contributed by atoms with Gasteiger partial charge in [0.1, 0.15) is 18.2 Å². The first-order valence-electron chi connectivity index (χ1n) is 5.08. The Morgan fingerprint density at radius 2 is 1.74 bits per heavy atom. The number of aromatic nitrogens is 1. The summed E-state index contributed by atoms with van der Waals surface area (Å²) in [6.07, 6.45) is -9.17. The lowest BCUT2D eigenvalue weighted by Crippen LogP contribution is -2.31. The van der Waals surface area contributed by atoms with Gasteiger partial charge in [0.05, 0.1) is 5.56 Å². The number of anilines is 2. The zero-order valence-corrected chi connectivity index (χ0v) is 10.0. The van der Waals surface area contributed by atoms with Crippen molar-refractivity contribution in [1.29, 1.82) is 0 Å². The molecule has 108 valence electrons. The first-order chi connectivity index (χ1) is 8.53. The number of pyridine rings is 1. The Hall–Kier alpha value is -1.67. The normalized spacial score (nSPS) is 12.4. The summed E-state index contributed by atoms with van der Waals surface area (Å²) in [5.74, 6) is -0.560. The van der Waals surface area contributed by atoms with E-state index in [1.807, 2.05) is 0 Å². The van der Waals surface area contributed by atoms with Crippen LogP contribution in [0.4, 0.5) is 38.0 Å². The fraction of sp³-hybridized carbons (Fsp3) is 0.500. The van der Waals surface area contributed by atoms with Crippen LogP contribution in [0.3, 0.4) is 0 Å². The summed E-state index contributed by atoms with van der Waals surface area (Å²) in [5.41, 5.74) is -1.06. The number of alkyl halides is 6. The van der Waals surface area contributed by atoms with Crippen LogP contribution in [-0.2, 0) is 6.18 Å². The Kier molecular flexibility index (Phi) is 4.16. The van der Waals surface area contributed by atoms with Crippen LogP contribution in [0.15, 0.2) is 12.1 Å². The lowest BCUT2D eigenvalue weighted by Gasteiger charge is -2.21. The van der Waals surface area contributed by atoms with Crippen molar-refractivity contribution in [3.63, 3.8) is 0 Å². The maximum atomic E-state index is 12.6. The summed E-state index contributed by atoms with van der Waals surface area (Å²) < 4.78 is 74.4. The van der Waals surface area contributed by atoms with Crippen molar-refractivity contribution >= 4 is 11.6 Å². The van der Waals surface area contributed by atoms with Crippen molar-refractivity contribution in [2.45, 2.75) is 12.4 Å². The van der Waals surface area contributed by atoms with E-state index in [9.17, 15) is 26.3 Å². The maximum Gasteiger partial charge on any atom is 0.416 e. The van der Waals surface area contributed by atoms with Gasteiger partial charge in [0.25, 0.3) is 0 Å². The molecule has 1 aromatic rings. The standard InChI is InChI=1S/C10H11F6N3/c1-17-7-3-6(10(14,15)16)4-8(18-7)19(2)5-9(11,12)13/h3-4H,5H2,1-2H3,(H,17,18). The molecular weight excluding hydrogens is 276 g/mol. The Balaban J connectivity index is 3.13. The molecule has 1 heterocycles. The molecule has 0 aliphatic carbocycles. The number of hydrogen-bond donors (Lipinski definition) is 1. The lowest BCUT2D eigenvalue weighted by molar-refractivity contribution is -0.137. The fourth-order valence-corrected chi connectivity index (χ4v) is 1.35. The summed E-state index contributed by atoms with van der Waals surface area (Å²) in [6.45, 7) is -1.38. The van der Waals surface area contributed by atoms with E-state index in [0.717, 1.165) is 13.1 Å². The molecule has 0 unspecified atom stereocenters. The minimum atomic E-state index is -4.65. The van der Waals surface area contributed by atoms with Gasteiger partial charge >= 0.3 is 12.4 Å². The second-order valence-electron chi connectivity index (χ2n) is 3.82. The number of nitrogens with zero attached hydrogens (tertiary/aromatic N) is 2. The molecule has 0 radical (unpaired) electrons. The Bertz CT molecular complexity index is 440. The van der Waals surface area contributed by atoms with Gasteiger partial charge in [-0.25, -0.2) is 4.98 Å². The number of nitrogens with one attached hydrogen (secondary N) is 1. The molecule has 3 nitrogen and oxygen atoms in total. The minimum absolute atomic E-state index is 0.154. The fourth-order valence-electron chi connectivity index (χ4n) is 1.35. The molecule has 0 amide bonds. The SMILES string of the molecule is CNc1cc(C(F)(F)F)cc(N(C)CC(F)(F)F)n1. The van der Waals surface area contributed by atoms with Gasteiger partial charge in [-0.3, -0.25) is 0 Å². The van der Waals surface area contributed by atoms with Gasteiger partial charge in [-0.1, -0.05) is 0 Å². The van der Waals surface area contributed by atoms with Crippen molar-refractivity contribution < 1.29 is 26.3 Å². The van der Waals surface area contributed by atoms with Crippen LogP contribution < -0.4 is 10.2 Å². The average molecular weight is 287 g/mol. The van der Waals surface area contributed by atoms with Crippen molar-refractivity contribution in [3.8, 4) is 0 Å². The summed E-state index contributed by atoms with van der Waals surface area (Å²) in [4.78, 5) is 4.27. The predicted molar refractivity (Wildman–Crippen MR) is 58.1 cm³/mol. The summed E-state index contributed by atoms with van der Waals surface area (Å²) in [7, 11) is 2.35. The van der Waals surface area contributed by atoms with Crippen LogP contribution in [0, 0.1) is 0 Å². The Morgan fingerprint density at radius 3 is 2.16 bits per heavy atom. The molecule has 0 fully saturated rings. The summed E-state index contributed by atoms with van der Waals surface area (Å²) in [5, 5.41) is 2.38. The molecular formula is C10H11F6N3. The highest BCUT2D eigenvalue weighted by Crippen LogP contribution is 2.33. The number of rotatable bonds is 3. The average Bonchev–Trinajstić information content (AvgIpc) is 2.25. The molecule has 1 aromatic heterocycles. The maximum absolute atomic E-state index is 12.6. The third-order valence-electron chi connectivity index (χ3n) is 2.20. The topological polar surface area (TPSA) is 28.2 Å². The highest BCUT2D eigenvalue weighted by molar-refractivity contribution is 5.50. The lowest BCUT2D eigenvalue weighted by atomic mass is 10.2. The largest absolute Gasteiger partial charge is 0.416 e. The number of halogens is 6. The van der Waals surface area contributed by atoms with Crippen molar-refractivity contribution in [2.75, 3.05) is 30.9 Å². The first kappa shape index (κ1) is 15.4. The van der Waals surface area contributed by atoms with E-state index in [0.29, 0.717) is 11.0 Å². The Labute approximate surface area is 105 Å². The van der Waals surface area contributed by atoms with Crippen LogP contribution in [0.25, 0.3) is 0 Å². The molecule has 0 aliphatic heterocycles. The molecule has 0 saturated heterocycles. The smallest absolute Gasteiger partial charge is 0.373 e. The van der Waals surface area contributed by atoms with E-state index in [1.54, 1.807) is 0 Å². The monoisotopic (exact) mass is 287 g/mol. The molecule has 19 heavy (non-hydrogen) atoms. The first-order valence-corrected chi connectivity index (χ1v) is 5.08. The highest BCUT2D eigenvalue weighted by atomic mass is 19.4.